The van der Waals surface area contributed by atoms with Gasteiger partial charge in [0.15, 0.2) is 5.58 Å². The summed E-state index contributed by atoms with van der Waals surface area (Å²) >= 11 is 0. The number of fused-ring (bicyclic) bond motifs is 1. The Kier molecular flexibility index (Phi) is 5.17. The molecule has 5 heteroatoms. The van der Waals surface area contributed by atoms with Crippen LogP contribution in [0.2, 0.25) is 0 Å². The Morgan fingerprint density at radius 1 is 1.40 bits per heavy atom. The molecule has 0 aliphatic rings. The summed E-state index contributed by atoms with van der Waals surface area (Å²) in [5.41, 5.74) is 7.66. The van der Waals surface area contributed by atoms with E-state index in [1.165, 1.54) is 12.8 Å². The molecule has 1 aromatic carbocycles. The SMILES string of the molecule is CCCCC(CC)CS(=O)c1nc2cc(N)ccc2o1. The molecule has 0 spiro atoms. The van der Waals surface area contributed by atoms with Crippen LogP contribution in [0.3, 0.4) is 0 Å². The molecule has 20 heavy (non-hydrogen) atoms. The van der Waals surface area contributed by atoms with Crippen molar-refractivity contribution in [1.82, 2.24) is 4.98 Å². The average molecular weight is 294 g/mol. The van der Waals surface area contributed by atoms with Crippen LogP contribution in [0.1, 0.15) is 39.5 Å². The van der Waals surface area contributed by atoms with Crippen molar-refractivity contribution in [2.45, 2.75) is 44.8 Å². The highest BCUT2D eigenvalue weighted by atomic mass is 32.2. The minimum atomic E-state index is -1.17. The Balaban J connectivity index is 2.10. The number of hydrogen-bond donors (Lipinski definition) is 1. The number of nitrogens with zero attached hydrogens (tertiary/aromatic N) is 1. The maximum Gasteiger partial charge on any atom is 0.287 e. The van der Waals surface area contributed by atoms with E-state index >= 15 is 0 Å². The van der Waals surface area contributed by atoms with Crippen molar-refractivity contribution in [3.05, 3.63) is 18.2 Å². The first-order chi connectivity index (χ1) is 9.63. The molecule has 0 radical (unpaired) electrons. The lowest BCUT2D eigenvalue weighted by Crippen LogP contribution is -2.11. The van der Waals surface area contributed by atoms with E-state index in [2.05, 4.69) is 18.8 Å². The fraction of sp³-hybridized carbons (Fsp3) is 0.533. The molecular weight excluding hydrogens is 272 g/mol. The van der Waals surface area contributed by atoms with Gasteiger partial charge in [0.2, 0.25) is 0 Å². The molecule has 0 amide bonds. The van der Waals surface area contributed by atoms with Gasteiger partial charge < -0.3 is 10.2 Å². The Morgan fingerprint density at radius 2 is 2.20 bits per heavy atom. The minimum absolute atomic E-state index is 0.320. The van der Waals surface area contributed by atoms with Crippen molar-refractivity contribution in [2.75, 3.05) is 11.5 Å². The summed E-state index contributed by atoms with van der Waals surface area (Å²) in [4.78, 5) is 4.29. The summed E-state index contributed by atoms with van der Waals surface area (Å²) in [6.45, 7) is 4.32. The lowest BCUT2D eigenvalue weighted by Gasteiger charge is -2.12. The van der Waals surface area contributed by atoms with Crippen LogP contribution in [0.5, 0.6) is 0 Å². The second-order valence-electron chi connectivity index (χ2n) is 5.14. The summed E-state index contributed by atoms with van der Waals surface area (Å²) < 4.78 is 17.9. The van der Waals surface area contributed by atoms with Crippen LogP contribution in [0.4, 0.5) is 5.69 Å². The molecule has 0 saturated carbocycles. The summed E-state index contributed by atoms with van der Waals surface area (Å²) in [6, 6.07) is 5.27. The van der Waals surface area contributed by atoms with Gasteiger partial charge in [-0.3, -0.25) is 0 Å². The molecule has 110 valence electrons. The minimum Gasteiger partial charge on any atom is -0.430 e. The third-order valence-electron chi connectivity index (χ3n) is 3.52. The molecule has 0 fully saturated rings. The van der Waals surface area contributed by atoms with Crippen molar-refractivity contribution in [3.63, 3.8) is 0 Å². The molecule has 0 bridgehead atoms. The zero-order valence-corrected chi connectivity index (χ0v) is 12.9. The van der Waals surface area contributed by atoms with Crippen LogP contribution in [-0.4, -0.2) is 14.9 Å². The Labute approximate surface area is 122 Å². The van der Waals surface area contributed by atoms with E-state index < -0.39 is 10.8 Å². The van der Waals surface area contributed by atoms with E-state index in [0.29, 0.717) is 33.7 Å². The Bertz CT molecular complexity index is 595. The molecule has 2 aromatic rings. The first-order valence-electron chi connectivity index (χ1n) is 7.18. The van der Waals surface area contributed by atoms with Gasteiger partial charge >= 0.3 is 0 Å². The van der Waals surface area contributed by atoms with E-state index in [1.54, 1.807) is 18.2 Å². The van der Waals surface area contributed by atoms with Gasteiger partial charge in [0.25, 0.3) is 5.22 Å². The summed E-state index contributed by atoms with van der Waals surface area (Å²) in [5.74, 6) is 1.09. The number of benzene rings is 1. The number of rotatable bonds is 7. The van der Waals surface area contributed by atoms with Gasteiger partial charge in [-0.15, -0.1) is 0 Å². The topological polar surface area (TPSA) is 69.1 Å². The van der Waals surface area contributed by atoms with Crippen LogP contribution in [0.15, 0.2) is 27.8 Å². The van der Waals surface area contributed by atoms with Crippen molar-refractivity contribution < 1.29 is 8.63 Å². The maximum atomic E-state index is 12.4. The lowest BCUT2D eigenvalue weighted by molar-refractivity contribution is 0.463. The Hall–Kier alpha value is -1.36. The van der Waals surface area contributed by atoms with Gasteiger partial charge in [0.05, 0.1) is 0 Å². The number of aromatic nitrogens is 1. The number of nitrogen functional groups attached to an aromatic ring is 1. The van der Waals surface area contributed by atoms with Crippen LogP contribution in [-0.2, 0) is 10.8 Å². The van der Waals surface area contributed by atoms with Crippen LogP contribution in [0, 0.1) is 5.92 Å². The van der Waals surface area contributed by atoms with Gasteiger partial charge in [-0.1, -0.05) is 33.1 Å². The molecule has 2 unspecified atom stereocenters. The van der Waals surface area contributed by atoms with Crippen LogP contribution < -0.4 is 5.73 Å². The molecule has 2 N–H and O–H groups in total. The molecule has 4 nitrogen and oxygen atoms in total. The fourth-order valence-corrected chi connectivity index (χ4v) is 3.56. The van der Waals surface area contributed by atoms with Crippen molar-refractivity contribution in [2.24, 2.45) is 5.92 Å². The number of oxazole rings is 1. The van der Waals surface area contributed by atoms with Crippen molar-refractivity contribution in [3.8, 4) is 0 Å². The molecule has 1 aromatic heterocycles. The first-order valence-corrected chi connectivity index (χ1v) is 8.50. The highest BCUT2D eigenvalue weighted by Gasteiger charge is 2.17. The zero-order valence-electron chi connectivity index (χ0n) is 12.1. The second kappa shape index (κ2) is 6.88. The highest BCUT2D eigenvalue weighted by molar-refractivity contribution is 7.84. The monoisotopic (exact) mass is 294 g/mol. The van der Waals surface area contributed by atoms with Gasteiger partial charge in [0, 0.05) is 11.4 Å². The van der Waals surface area contributed by atoms with Crippen LogP contribution in [0.25, 0.3) is 11.1 Å². The normalized spacial score (nSPS) is 14.5. The average Bonchev–Trinajstić information content (AvgIpc) is 2.86. The van der Waals surface area contributed by atoms with E-state index in [9.17, 15) is 4.21 Å². The predicted octanol–water partition coefficient (Wildman–Crippen LogP) is 3.73. The highest BCUT2D eigenvalue weighted by Crippen LogP contribution is 2.22. The molecular formula is C15H22N2O2S. The zero-order chi connectivity index (χ0) is 14.5. The van der Waals surface area contributed by atoms with Crippen molar-refractivity contribution >= 4 is 27.6 Å². The van der Waals surface area contributed by atoms with Crippen molar-refractivity contribution in [1.29, 1.82) is 0 Å². The lowest BCUT2D eigenvalue weighted by atomic mass is 10.0. The van der Waals surface area contributed by atoms with E-state index in [-0.39, 0.29) is 0 Å². The van der Waals surface area contributed by atoms with Gasteiger partial charge in [-0.25, -0.2) is 9.19 Å². The molecule has 0 aliphatic heterocycles. The first kappa shape index (κ1) is 15.0. The maximum absolute atomic E-state index is 12.4. The molecule has 2 atom stereocenters. The van der Waals surface area contributed by atoms with Gasteiger partial charge in [-0.2, -0.15) is 0 Å². The third-order valence-corrected chi connectivity index (χ3v) is 4.86. The number of nitrogens with two attached hydrogens (primary N) is 1. The Morgan fingerprint density at radius 3 is 2.90 bits per heavy atom. The van der Waals surface area contributed by atoms with E-state index in [1.807, 2.05) is 0 Å². The number of anilines is 1. The molecule has 2 rings (SSSR count). The predicted molar refractivity (Wildman–Crippen MR) is 83.0 cm³/mol. The standard InChI is InChI=1S/C15H22N2O2S/c1-3-5-6-11(4-2)10-20(18)15-17-13-9-12(16)7-8-14(13)19-15/h7-9,11H,3-6,10,16H2,1-2H3. The molecule has 0 aliphatic carbocycles. The second-order valence-corrected chi connectivity index (χ2v) is 6.51. The number of unbranched alkanes of at least 4 members (excludes halogenated alkanes) is 1. The number of hydrogen-bond acceptors (Lipinski definition) is 4. The summed E-state index contributed by atoms with van der Waals surface area (Å²) in [6.07, 6.45) is 4.51. The third kappa shape index (κ3) is 3.60. The quantitative estimate of drug-likeness (QED) is 0.790. The van der Waals surface area contributed by atoms with E-state index in [0.717, 1.165) is 12.8 Å². The fourth-order valence-electron chi connectivity index (χ4n) is 2.20. The van der Waals surface area contributed by atoms with E-state index in [4.69, 9.17) is 10.2 Å². The largest absolute Gasteiger partial charge is 0.430 e. The van der Waals surface area contributed by atoms with Crippen LogP contribution >= 0.6 is 0 Å². The molecule has 0 saturated heterocycles. The summed E-state index contributed by atoms with van der Waals surface area (Å²) in [7, 11) is -1.17. The summed E-state index contributed by atoms with van der Waals surface area (Å²) in [5, 5.41) is 0.320. The van der Waals surface area contributed by atoms with Gasteiger partial charge in [-0.05, 0) is 30.5 Å². The molecule has 1 heterocycles. The van der Waals surface area contributed by atoms with Gasteiger partial charge in [0.1, 0.15) is 16.3 Å². The smallest absolute Gasteiger partial charge is 0.287 e.